The van der Waals surface area contributed by atoms with Gasteiger partial charge in [0.25, 0.3) is 0 Å². The zero-order chi connectivity index (χ0) is 14.7. The lowest BCUT2D eigenvalue weighted by molar-refractivity contribution is -0.584. The van der Waals surface area contributed by atoms with Gasteiger partial charge in [0.05, 0.1) is 11.0 Å². The summed E-state index contributed by atoms with van der Waals surface area (Å²) >= 11 is 0. The number of amides is 1. The lowest BCUT2D eigenvalue weighted by atomic mass is 9.48. The van der Waals surface area contributed by atoms with Crippen LogP contribution in [0.1, 0.15) is 67.7 Å². The second kappa shape index (κ2) is 3.83. The molecule has 2 bridgehead atoms. The molecular weight excluding hydrogens is 236 g/mol. The maximum atomic E-state index is 11.6. The summed E-state index contributed by atoms with van der Waals surface area (Å²) < 4.78 is 0. The van der Waals surface area contributed by atoms with Gasteiger partial charge in [-0.15, -0.1) is 0 Å². The highest BCUT2D eigenvalue weighted by Crippen LogP contribution is 2.56. The first-order valence-corrected chi connectivity index (χ1v) is 7.37. The number of carbonyl (C=O) groups is 1. The Morgan fingerprint density at radius 1 is 1.16 bits per heavy atom. The molecule has 0 aromatic heterocycles. The smallest absolute Gasteiger partial charge is 0.217 e. The van der Waals surface area contributed by atoms with Crippen LogP contribution in [0, 0.1) is 10.8 Å². The zero-order valence-corrected chi connectivity index (χ0v) is 13.5. The maximum Gasteiger partial charge on any atom is 0.217 e. The van der Waals surface area contributed by atoms with Gasteiger partial charge in [0.2, 0.25) is 5.91 Å². The molecule has 3 atom stereocenters. The third kappa shape index (κ3) is 1.85. The van der Waals surface area contributed by atoms with Crippen molar-refractivity contribution in [3.05, 3.63) is 0 Å². The summed E-state index contributed by atoms with van der Waals surface area (Å²) in [7, 11) is 0. The van der Waals surface area contributed by atoms with Crippen molar-refractivity contribution >= 4 is 11.6 Å². The van der Waals surface area contributed by atoms with E-state index >= 15 is 0 Å². The first-order chi connectivity index (χ1) is 8.46. The van der Waals surface area contributed by atoms with Crippen LogP contribution >= 0.6 is 0 Å². The third-order valence-corrected chi connectivity index (χ3v) is 6.43. The number of carbonyl (C=O) groups excluding carboxylic acids is 1. The van der Waals surface area contributed by atoms with E-state index in [2.05, 4.69) is 51.9 Å². The van der Waals surface area contributed by atoms with Crippen LogP contribution in [-0.2, 0) is 4.79 Å². The molecule has 2 N–H and O–H groups in total. The molecule has 3 nitrogen and oxygen atoms in total. The van der Waals surface area contributed by atoms with Crippen molar-refractivity contribution in [2.24, 2.45) is 10.8 Å². The highest BCUT2D eigenvalue weighted by atomic mass is 16.1. The van der Waals surface area contributed by atoms with E-state index in [1.54, 1.807) is 6.92 Å². The highest BCUT2D eigenvalue weighted by Gasteiger charge is 2.64. The van der Waals surface area contributed by atoms with Crippen molar-refractivity contribution in [3.63, 3.8) is 0 Å². The van der Waals surface area contributed by atoms with Crippen LogP contribution < -0.4 is 10.3 Å². The monoisotopic (exact) mass is 265 g/mol. The van der Waals surface area contributed by atoms with Crippen molar-refractivity contribution in [2.45, 2.75) is 78.8 Å². The molecule has 0 spiro atoms. The van der Waals surface area contributed by atoms with Crippen LogP contribution in [0.2, 0.25) is 0 Å². The molecule has 0 radical (unpaired) electrons. The van der Waals surface area contributed by atoms with Gasteiger partial charge in [0.15, 0.2) is 11.3 Å². The Morgan fingerprint density at radius 3 is 2.26 bits per heavy atom. The van der Waals surface area contributed by atoms with Gasteiger partial charge in [0.1, 0.15) is 0 Å². The third-order valence-electron chi connectivity index (χ3n) is 6.43. The van der Waals surface area contributed by atoms with E-state index < -0.39 is 0 Å². The molecule has 3 heteroatoms. The van der Waals surface area contributed by atoms with Gasteiger partial charge in [-0.25, -0.2) is 4.99 Å². The average Bonchev–Trinajstić information content (AvgIpc) is 2.21. The Kier molecular flexibility index (Phi) is 2.93. The molecule has 2 rings (SSSR count). The Balaban J connectivity index is 2.52. The lowest BCUT2D eigenvalue weighted by Gasteiger charge is -2.59. The number of hydrogen-bond acceptors (Lipinski definition) is 1. The predicted octanol–water partition coefficient (Wildman–Crippen LogP) is 1.41. The summed E-state index contributed by atoms with van der Waals surface area (Å²) in [6.07, 6.45) is 3.32. The van der Waals surface area contributed by atoms with Gasteiger partial charge in [-0.05, 0) is 33.1 Å². The van der Waals surface area contributed by atoms with Crippen molar-refractivity contribution in [2.75, 3.05) is 0 Å². The average molecular weight is 265 g/mol. The quantitative estimate of drug-likeness (QED) is 0.740. The highest BCUT2D eigenvalue weighted by molar-refractivity contribution is 5.86. The molecule has 1 fully saturated rings. The Morgan fingerprint density at radius 2 is 1.74 bits per heavy atom. The predicted molar refractivity (Wildman–Crippen MR) is 78.0 cm³/mol. The van der Waals surface area contributed by atoms with Crippen molar-refractivity contribution in [3.8, 4) is 0 Å². The fourth-order valence-electron chi connectivity index (χ4n) is 4.29. The summed E-state index contributed by atoms with van der Waals surface area (Å²) in [5.41, 5.74) is 1.58. The van der Waals surface area contributed by atoms with Crippen LogP contribution in [0.5, 0.6) is 0 Å². The van der Waals surface area contributed by atoms with Gasteiger partial charge >= 0.3 is 0 Å². The second-order valence-corrected chi connectivity index (χ2v) is 7.96. The van der Waals surface area contributed by atoms with Crippen LogP contribution in [0.15, 0.2) is 0 Å². The van der Waals surface area contributed by atoms with Gasteiger partial charge in [-0.3, -0.25) is 4.79 Å². The van der Waals surface area contributed by atoms with Crippen LogP contribution in [0.25, 0.3) is 0 Å². The molecule has 1 heterocycles. The normalized spacial score (nSPS) is 44.5. The van der Waals surface area contributed by atoms with Gasteiger partial charge < -0.3 is 5.32 Å². The van der Waals surface area contributed by atoms with Crippen LogP contribution in [0.4, 0.5) is 0 Å². The molecule has 1 amide bonds. The molecule has 0 aromatic rings. The number of nitrogens with one attached hydrogen (secondary N) is 2. The minimum Gasteiger partial charge on any atom is -0.350 e. The van der Waals surface area contributed by atoms with Gasteiger partial charge in [0, 0.05) is 33.1 Å². The molecule has 19 heavy (non-hydrogen) atoms. The Bertz CT molecular complexity index is 454. The molecule has 108 valence electrons. The van der Waals surface area contributed by atoms with Crippen molar-refractivity contribution in [1.82, 2.24) is 5.32 Å². The largest absolute Gasteiger partial charge is 0.350 e. The SMILES string of the molecule is CC(=O)N[C@]1(C)CC[C@]2(C)C[C@@]1(C)C(C)=[NH+]C2(C)C. The molecule has 2 aliphatic rings. The van der Waals surface area contributed by atoms with E-state index in [9.17, 15) is 4.79 Å². The summed E-state index contributed by atoms with van der Waals surface area (Å²) in [5.74, 6) is 0.0740. The van der Waals surface area contributed by atoms with E-state index in [0.717, 1.165) is 19.3 Å². The molecule has 0 unspecified atom stereocenters. The van der Waals surface area contributed by atoms with Crippen LogP contribution in [0.3, 0.4) is 0 Å². The zero-order valence-electron chi connectivity index (χ0n) is 13.5. The van der Waals surface area contributed by atoms with Gasteiger partial charge in [-0.2, -0.15) is 0 Å². The molecule has 1 saturated carbocycles. The van der Waals surface area contributed by atoms with E-state index in [0.29, 0.717) is 0 Å². The molecular formula is C16H29N2O+. The Labute approximate surface area is 117 Å². The second-order valence-electron chi connectivity index (χ2n) is 7.96. The Hall–Kier alpha value is -0.860. The van der Waals surface area contributed by atoms with E-state index in [-0.39, 0.29) is 27.8 Å². The fourth-order valence-corrected chi connectivity index (χ4v) is 4.29. The molecule has 0 saturated heterocycles. The van der Waals surface area contributed by atoms with E-state index in [1.165, 1.54) is 5.71 Å². The minimum atomic E-state index is -0.147. The summed E-state index contributed by atoms with van der Waals surface area (Å²) in [5, 5.41) is 3.23. The first-order valence-electron chi connectivity index (χ1n) is 7.37. The number of fused-ring (bicyclic) bond motifs is 2. The number of hydrogen-bond donors (Lipinski definition) is 2. The first kappa shape index (κ1) is 14.5. The van der Waals surface area contributed by atoms with E-state index in [1.807, 2.05) is 0 Å². The van der Waals surface area contributed by atoms with Crippen molar-refractivity contribution < 1.29 is 9.79 Å². The standard InChI is InChI=1S/C16H28N2O/c1-11-15(6)10-14(5,13(3,4)17-11)8-9-16(15,7)18-12(2)19/h8-10H2,1-7H3,(H,18,19)/p+1/t14-,15+,16-/m1/s1. The van der Waals surface area contributed by atoms with Crippen molar-refractivity contribution in [1.29, 1.82) is 0 Å². The summed E-state index contributed by atoms with van der Waals surface area (Å²) in [6, 6.07) is 0. The minimum absolute atomic E-state index is 0.0151. The molecule has 0 aromatic carbocycles. The lowest BCUT2D eigenvalue weighted by Crippen LogP contribution is -2.95. The summed E-state index contributed by atoms with van der Waals surface area (Å²) in [6.45, 7) is 15.3. The number of rotatable bonds is 1. The summed E-state index contributed by atoms with van der Waals surface area (Å²) in [4.78, 5) is 15.3. The van der Waals surface area contributed by atoms with E-state index in [4.69, 9.17) is 0 Å². The molecule has 1 aliphatic carbocycles. The van der Waals surface area contributed by atoms with Gasteiger partial charge in [-0.1, -0.05) is 6.92 Å². The fraction of sp³-hybridized carbons (Fsp3) is 0.875. The maximum absolute atomic E-state index is 11.6. The topological polar surface area (TPSA) is 43.1 Å². The molecule has 1 aliphatic heterocycles. The van der Waals surface area contributed by atoms with Crippen LogP contribution in [-0.4, -0.2) is 22.7 Å².